The molecule has 9 heteroatoms. The number of rotatable bonds is 5. The van der Waals surface area contributed by atoms with Gasteiger partial charge in [-0.1, -0.05) is 22.5 Å². The van der Waals surface area contributed by atoms with Crippen molar-refractivity contribution in [2.75, 3.05) is 19.6 Å². The fourth-order valence-electron chi connectivity index (χ4n) is 0.839. The molecule has 0 rings (SSSR count). The van der Waals surface area contributed by atoms with E-state index in [9.17, 15) is 0 Å². The zero-order chi connectivity index (χ0) is 14.3. The molecule has 0 spiro atoms. The molecule has 0 aromatic rings. The van der Waals surface area contributed by atoms with Crippen LogP contribution in [0.15, 0.2) is 0 Å². The van der Waals surface area contributed by atoms with E-state index in [1.807, 2.05) is 25.7 Å². The van der Waals surface area contributed by atoms with Gasteiger partial charge in [0.25, 0.3) is 0 Å². The van der Waals surface area contributed by atoms with Crippen LogP contribution in [0.2, 0.25) is 0 Å². The number of nitrogens with one attached hydrogen (secondary N) is 2. The molecular formula is C10H21N3Na2S4. The molecule has 0 radical (unpaired) electrons. The van der Waals surface area contributed by atoms with Gasteiger partial charge in [0.2, 0.25) is 0 Å². The molecule has 0 aliphatic heterocycles. The predicted octanol–water partition coefficient (Wildman–Crippen LogP) is -3.75. The van der Waals surface area contributed by atoms with E-state index >= 15 is 0 Å². The van der Waals surface area contributed by atoms with Crippen LogP contribution in [0.3, 0.4) is 0 Å². The number of thiocarbonyl (C=S) groups is 2. The summed E-state index contributed by atoms with van der Waals surface area (Å²) in [7, 11) is 0. The van der Waals surface area contributed by atoms with Crippen LogP contribution in [-0.4, -0.2) is 39.9 Å². The van der Waals surface area contributed by atoms with Gasteiger partial charge in [0, 0.05) is 19.6 Å². The van der Waals surface area contributed by atoms with Crippen LogP contribution in [0.5, 0.6) is 0 Å². The Kier molecular flexibility index (Phi) is 48.4. The third kappa shape index (κ3) is 28.7. The Morgan fingerprint density at radius 1 is 1.21 bits per heavy atom. The van der Waals surface area contributed by atoms with E-state index in [0.29, 0.717) is 8.64 Å². The average molecular weight is 358 g/mol. The summed E-state index contributed by atoms with van der Waals surface area (Å²) < 4.78 is 0.951. The van der Waals surface area contributed by atoms with Gasteiger partial charge in [0.15, 0.2) is 0 Å². The van der Waals surface area contributed by atoms with Gasteiger partial charge in [-0.2, -0.15) is 0 Å². The van der Waals surface area contributed by atoms with Crippen molar-refractivity contribution in [1.82, 2.24) is 10.2 Å². The second-order valence-electron chi connectivity index (χ2n) is 2.41. The van der Waals surface area contributed by atoms with E-state index in [2.05, 4.69) is 12.0 Å². The van der Waals surface area contributed by atoms with E-state index < -0.39 is 0 Å². The van der Waals surface area contributed by atoms with Crippen molar-refractivity contribution >= 4 is 65.1 Å². The van der Waals surface area contributed by atoms with Gasteiger partial charge in [0.1, 0.15) is 0 Å². The topological polar surface area (TPSA) is 39.1 Å². The Hall–Kier alpha value is 1.89. The van der Waals surface area contributed by atoms with Crippen LogP contribution >= 0.6 is 24.4 Å². The van der Waals surface area contributed by atoms with Crippen LogP contribution in [0, 0.1) is 5.41 Å². The Labute approximate surface area is 184 Å². The van der Waals surface area contributed by atoms with Gasteiger partial charge in [-0.15, -0.1) is 0 Å². The maximum Gasteiger partial charge on any atom is 1.00 e. The monoisotopic (exact) mass is 357 g/mol. The third-order valence-corrected chi connectivity index (χ3v) is 2.32. The van der Waals surface area contributed by atoms with Crippen LogP contribution in [0.1, 0.15) is 27.2 Å². The minimum Gasteiger partial charge on any atom is -0.412 e. The first-order chi connectivity index (χ1) is 8.07. The van der Waals surface area contributed by atoms with Crippen molar-refractivity contribution in [1.29, 1.82) is 5.41 Å². The number of nitrogens with zero attached hydrogens (tertiary/aromatic N) is 1. The molecule has 0 aliphatic rings. The SMILES string of the molecule is C=N.CC.CCN(CCCNC(=S)[S-])C(=S)[S-].[Na+].[Na+]. The summed E-state index contributed by atoms with van der Waals surface area (Å²) in [5, 5.41) is 8.41. The van der Waals surface area contributed by atoms with Gasteiger partial charge in [-0.3, -0.25) is 0 Å². The fourth-order valence-corrected chi connectivity index (χ4v) is 1.48. The summed E-state index contributed by atoms with van der Waals surface area (Å²) in [6.45, 7) is 11.0. The zero-order valence-electron chi connectivity index (χ0n) is 12.6. The van der Waals surface area contributed by atoms with Crippen molar-refractivity contribution < 1.29 is 59.1 Å². The minimum absolute atomic E-state index is 0. The summed E-state index contributed by atoms with van der Waals surface area (Å²) in [5.74, 6) is 0. The zero-order valence-corrected chi connectivity index (χ0v) is 19.9. The Bertz CT molecular complexity index is 209. The molecule has 0 aliphatic carbocycles. The molecule has 0 aromatic carbocycles. The van der Waals surface area contributed by atoms with E-state index in [1.165, 1.54) is 0 Å². The largest absolute Gasteiger partial charge is 1.00 e. The summed E-state index contributed by atoms with van der Waals surface area (Å²) in [6, 6.07) is 0. The molecule has 102 valence electrons. The molecule has 0 aromatic heterocycles. The van der Waals surface area contributed by atoms with Gasteiger partial charge >= 0.3 is 59.1 Å². The molecule has 0 fully saturated rings. The number of hydrogen-bond acceptors (Lipinski definition) is 5. The van der Waals surface area contributed by atoms with Crippen molar-refractivity contribution in [2.24, 2.45) is 0 Å². The normalized spacial score (nSPS) is 6.89. The molecule has 0 unspecified atom stereocenters. The second kappa shape index (κ2) is 28.1. The van der Waals surface area contributed by atoms with Gasteiger partial charge in [0.05, 0.1) is 0 Å². The van der Waals surface area contributed by atoms with Crippen LogP contribution in [-0.2, 0) is 25.3 Å². The predicted molar refractivity (Wildman–Crippen MR) is 91.0 cm³/mol. The van der Waals surface area contributed by atoms with Crippen molar-refractivity contribution in [3.05, 3.63) is 0 Å². The molecule has 0 atom stereocenters. The Morgan fingerprint density at radius 2 is 1.63 bits per heavy atom. The third-order valence-electron chi connectivity index (χ3n) is 1.51. The maximum atomic E-state index is 5.50. The van der Waals surface area contributed by atoms with Crippen molar-refractivity contribution in [3.8, 4) is 0 Å². The van der Waals surface area contributed by atoms with Crippen LogP contribution in [0.4, 0.5) is 0 Å². The quantitative estimate of drug-likeness (QED) is 0.173. The first-order valence-corrected chi connectivity index (χ1v) is 6.97. The smallest absolute Gasteiger partial charge is 0.412 e. The molecule has 0 amide bonds. The molecule has 19 heavy (non-hydrogen) atoms. The molecule has 2 N–H and O–H groups in total. The van der Waals surface area contributed by atoms with Crippen molar-refractivity contribution in [3.63, 3.8) is 0 Å². The molecule has 3 nitrogen and oxygen atoms in total. The Balaban J connectivity index is -0.0000000988. The van der Waals surface area contributed by atoms with E-state index in [4.69, 9.17) is 55.1 Å². The van der Waals surface area contributed by atoms with Crippen LogP contribution in [0.25, 0.3) is 0 Å². The average Bonchev–Trinajstić information content (AvgIpc) is 2.33. The Morgan fingerprint density at radius 3 is 1.89 bits per heavy atom. The van der Waals surface area contributed by atoms with Gasteiger partial charge < -0.3 is 65.3 Å². The molecule has 0 bridgehead atoms. The molecule has 0 heterocycles. The molecule has 0 saturated carbocycles. The standard InChI is InChI=1S/C7H14N2S4.C2H6.CH3N.2Na/c1-2-9(7(12)13)5-3-4-8-6(10)11;2*1-2;;/h2-5H2,1H3,(H,12,13)(H2,8,10,11);1-2H3;2H,1H2;;/q;;;2*+1/p-2. The van der Waals surface area contributed by atoms with Crippen molar-refractivity contribution in [2.45, 2.75) is 27.2 Å². The van der Waals surface area contributed by atoms with E-state index in [0.717, 1.165) is 26.1 Å². The second-order valence-corrected chi connectivity index (χ2v) is 4.52. The fraction of sp³-hybridized carbons (Fsp3) is 0.700. The maximum absolute atomic E-state index is 5.50. The summed E-state index contributed by atoms with van der Waals surface area (Å²) >= 11 is 19.2. The van der Waals surface area contributed by atoms with Gasteiger partial charge in [-0.25, -0.2) is 0 Å². The first-order valence-electron chi connectivity index (χ1n) is 5.34. The first kappa shape index (κ1) is 32.7. The molecule has 0 saturated heterocycles. The van der Waals surface area contributed by atoms with Crippen LogP contribution < -0.4 is 64.4 Å². The number of hydrogen-bond donors (Lipinski definition) is 2. The summed E-state index contributed by atoms with van der Waals surface area (Å²) in [6.07, 6.45) is 0.946. The van der Waals surface area contributed by atoms with Gasteiger partial charge in [-0.05, 0) is 20.1 Å². The minimum atomic E-state index is 0. The summed E-state index contributed by atoms with van der Waals surface area (Å²) in [4.78, 5) is 1.97. The van der Waals surface area contributed by atoms with E-state index in [1.54, 1.807) is 0 Å². The molecular weight excluding hydrogens is 336 g/mol. The summed E-state index contributed by atoms with van der Waals surface area (Å²) in [5.41, 5.74) is 0. The van der Waals surface area contributed by atoms with E-state index in [-0.39, 0.29) is 59.1 Å².